The summed E-state index contributed by atoms with van der Waals surface area (Å²) in [6, 6.07) is 23.3. The zero-order valence-electron chi connectivity index (χ0n) is 18.2. The van der Waals surface area contributed by atoms with Gasteiger partial charge in [0.05, 0.1) is 18.6 Å². The molecule has 0 amide bonds. The third-order valence-electron chi connectivity index (χ3n) is 5.49. The molecule has 2 aromatic carbocycles. The van der Waals surface area contributed by atoms with Gasteiger partial charge in [-0.2, -0.15) is 5.26 Å². The summed E-state index contributed by atoms with van der Waals surface area (Å²) in [5, 5.41) is 11.7. The van der Waals surface area contributed by atoms with Crippen LogP contribution in [0.4, 0.5) is 0 Å². The zero-order valence-corrected chi connectivity index (χ0v) is 19.2. The van der Waals surface area contributed by atoms with E-state index in [2.05, 4.69) is 75.4 Å². The van der Waals surface area contributed by atoms with Crippen molar-refractivity contribution in [3.05, 3.63) is 72.8 Å². The quantitative estimate of drug-likeness (QED) is 0.497. The van der Waals surface area contributed by atoms with Crippen molar-refractivity contribution >= 4 is 18.7 Å². The van der Waals surface area contributed by atoms with Crippen LogP contribution < -0.4 is 10.4 Å². The fraction of sp³-hybridized carbons (Fsp3) is 0.400. The van der Waals surface area contributed by atoms with Crippen LogP contribution in [0.3, 0.4) is 0 Å². The number of ether oxygens (including phenoxy) is 2. The van der Waals surface area contributed by atoms with E-state index in [9.17, 15) is 5.26 Å². The second-order valence-corrected chi connectivity index (χ2v) is 12.7. The van der Waals surface area contributed by atoms with Gasteiger partial charge < -0.3 is 13.9 Å². The van der Waals surface area contributed by atoms with Crippen LogP contribution in [0.2, 0.25) is 5.04 Å². The lowest BCUT2D eigenvalue weighted by Gasteiger charge is -2.46. The van der Waals surface area contributed by atoms with Gasteiger partial charge in [0, 0.05) is 6.61 Å². The van der Waals surface area contributed by atoms with Gasteiger partial charge in [-0.15, -0.1) is 0 Å². The minimum atomic E-state index is -2.73. The maximum Gasteiger partial charge on any atom is 0.262 e. The van der Waals surface area contributed by atoms with E-state index in [1.165, 1.54) is 10.4 Å². The molecule has 0 saturated heterocycles. The van der Waals surface area contributed by atoms with E-state index in [0.717, 1.165) is 0 Å². The fourth-order valence-corrected chi connectivity index (χ4v) is 8.80. The minimum Gasteiger partial charge on any atom is -0.398 e. The molecule has 30 heavy (non-hydrogen) atoms. The van der Waals surface area contributed by atoms with E-state index in [1.54, 1.807) is 0 Å². The molecule has 3 atom stereocenters. The van der Waals surface area contributed by atoms with Gasteiger partial charge in [-0.1, -0.05) is 87.5 Å². The molecule has 2 aromatic rings. The first-order valence-corrected chi connectivity index (χ1v) is 12.4. The Balaban J connectivity index is 2.11. The molecule has 4 nitrogen and oxygen atoms in total. The topological polar surface area (TPSA) is 51.5 Å². The molecule has 0 unspecified atom stereocenters. The minimum absolute atomic E-state index is 0.141. The maximum absolute atomic E-state index is 9.41. The maximum atomic E-state index is 9.41. The van der Waals surface area contributed by atoms with E-state index < -0.39 is 14.6 Å². The van der Waals surface area contributed by atoms with Gasteiger partial charge in [0.1, 0.15) is 6.10 Å². The zero-order chi connectivity index (χ0) is 21.6. The summed E-state index contributed by atoms with van der Waals surface area (Å²) in [6.45, 7) is 9.22. The van der Waals surface area contributed by atoms with Crippen molar-refractivity contribution in [2.75, 3.05) is 6.61 Å². The second kappa shape index (κ2) is 9.72. The Labute approximate surface area is 181 Å². The van der Waals surface area contributed by atoms with Crippen LogP contribution in [-0.4, -0.2) is 33.4 Å². The van der Waals surface area contributed by atoms with Crippen LogP contribution in [0.25, 0.3) is 0 Å². The summed E-state index contributed by atoms with van der Waals surface area (Å²) >= 11 is 0. The molecule has 0 radical (unpaired) electrons. The Bertz CT molecular complexity index is 831. The number of nitriles is 1. The van der Waals surface area contributed by atoms with Gasteiger partial charge in [-0.3, -0.25) is 0 Å². The SMILES string of the molecule is CCO[C@@H]1C=C[C@H](O[Si](c2ccccc2)(c2ccccc2)C(C)(C)C)[C@@H](CC#N)O1. The highest BCUT2D eigenvalue weighted by atomic mass is 28.4. The third kappa shape index (κ3) is 4.58. The highest BCUT2D eigenvalue weighted by Gasteiger charge is 2.52. The largest absolute Gasteiger partial charge is 0.398 e. The average Bonchev–Trinajstić information content (AvgIpc) is 2.74. The molecule has 1 aliphatic heterocycles. The summed E-state index contributed by atoms with van der Waals surface area (Å²) in [7, 11) is -2.73. The lowest BCUT2D eigenvalue weighted by atomic mass is 10.1. The lowest BCUT2D eigenvalue weighted by Crippen LogP contribution is -2.68. The van der Waals surface area contributed by atoms with E-state index in [1.807, 2.05) is 31.2 Å². The Morgan fingerprint density at radius 2 is 1.53 bits per heavy atom. The van der Waals surface area contributed by atoms with Crippen molar-refractivity contribution in [2.45, 2.75) is 57.7 Å². The molecule has 0 aliphatic carbocycles. The van der Waals surface area contributed by atoms with Crippen molar-refractivity contribution in [3.8, 4) is 6.07 Å². The fourth-order valence-electron chi connectivity index (χ4n) is 4.14. The molecule has 5 heteroatoms. The first kappa shape index (κ1) is 22.5. The standard InChI is InChI=1S/C25H31NO3Si/c1-5-27-24-17-16-23(22(28-24)18-19-26)29-30(25(2,3)4,20-12-8-6-9-13-20)21-14-10-7-11-15-21/h6-17,22-24H,5,18H2,1-4H3/t22-,23+,24+/m1/s1. The van der Waals surface area contributed by atoms with Gasteiger partial charge in [0.15, 0.2) is 6.29 Å². The van der Waals surface area contributed by atoms with Crippen LogP contribution in [0.5, 0.6) is 0 Å². The van der Waals surface area contributed by atoms with Crippen LogP contribution in [0.15, 0.2) is 72.8 Å². The highest BCUT2D eigenvalue weighted by molar-refractivity contribution is 6.99. The summed E-state index contributed by atoms with van der Waals surface area (Å²) in [4.78, 5) is 0. The van der Waals surface area contributed by atoms with Gasteiger partial charge in [0.25, 0.3) is 8.32 Å². The molecule has 0 saturated carbocycles. The van der Waals surface area contributed by atoms with Crippen molar-refractivity contribution in [3.63, 3.8) is 0 Å². The molecule has 0 spiro atoms. The Morgan fingerprint density at radius 1 is 0.967 bits per heavy atom. The first-order chi connectivity index (χ1) is 14.4. The molecule has 0 fully saturated rings. The van der Waals surface area contributed by atoms with Crippen molar-refractivity contribution < 1.29 is 13.9 Å². The molecule has 0 aromatic heterocycles. The summed E-state index contributed by atoms with van der Waals surface area (Å²) in [6.07, 6.45) is 3.03. The summed E-state index contributed by atoms with van der Waals surface area (Å²) < 4.78 is 18.8. The monoisotopic (exact) mass is 421 g/mol. The van der Waals surface area contributed by atoms with E-state index in [4.69, 9.17) is 13.9 Å². The van der Waals surface area contributed by atoms with Crippen molar-refractivity contribution in [1.29, 1.82) is 5.26 Å². The van der Waals surface area contributed by atoms with Crippen LogP contribution >= 0.6 is 0 Å². The van der Waals surface area contributed by atoms with Crippen LogP contribution in [0, 0.1) is 11.3 Å². The average molecular weight is 422 g/mol. The predicted molar refractivity (Wildman–Crippen MR) is 122 cm³/mol. The van der Waals surface area contributed by atoms with Crippen LogP contribution in [0.1, 0.15) is 34.1 Å². The van der Waals surface area contributed by atoms with Crippen molar-refractivity contribution in [2.24, 2.45) is 0 Å². The van der Waals surface area contributed by atoms with Crippen LogP contribution in [-0.2, 0) is 13.9 Å². The predicted octanol–water partition coefficient (Wildman–Crippen LogP) is 4.16. The number of benzene rings is 2. The van der Waals surface area contributed by atoms with E-state index in [0.29, 0.717) is 6.61 Å². The van der Waals surface area contributed by atoms with E-state index >= 15 is 0 Å². The van der Waals surface area contributed by atoms with Gasteiger partial charge in [-0.25, -0.2) is 0 Å². The molecular weight excluding hydrogens is 390 g/mol. The number of hydrogen-bond donors (Lipinski definition) is 0. The second-order valence-electron chi connectivity index (χ2n) is 8.49. The van der Waals surface area contributed by atoms with E-state index in [-0.39, 0.29) is 23.7 Å². The molecular formula is C25H31NO3Si. The molecule has 3 rings (SSSR count). The molecule has 1 heterocycles. The number of rotatable bonds is 7. The first-order valence-electron chi connectivity index (χ1n) is 10.5. The Kier molecular flexibility index (Phi) is 7.27. The summed E-state index contributed by atoms with van der Waals surface area (Å²) in [5.41, 5.74) is 0. The smallest absolute Gasteiger partial charge is 0.262 e. The van der Waals surface area contributed by atoms with Gasteiger partial charge in [-0.05, 0) is 28.4 Å². The molecule has 0 N–H and O–H groups in total. The van der Waals surface area contributed by atoms with Gasteiger partial charge in [0.2, 0.25) is 0 Å². The number of hydrogen-bond acceptors (Lipinski definition) is 4. The Hall–Kier alpha value is -2.23. The van der Waals surface area contributed by atoms with Gasteiger partial charge >= 0.3 is 0 Å². The molecule has 0 bridgehead atoms. The Morgan fingerprint density at radius 3 is 2.00 bits per heavy atom. The number of nitrogens with zero attached hydrogens (tertiary/aromatic N) is 1. The lowest BCUT2D eigenvalue weighted by molar-refractivity contribution is -0.164. The highest BCUT2D eigenvalue weighted by Crippen LogP contribution is 2.38. The molecule has 1 aliphatic rings. The van der Waals surface area contributed by atoms with Crippen molar-refractivity contribution in [1.82, 2.24) is 0 Å². The molecule has 158 valence electrons. The summed E-state index contributed by atoms with van der Waals surface area (Å²) in [5.74, 6) is 0. The normalized spacial score (nSPS) is 21.9. The third-order valence-corrected chi connectivity index (χ3v) is 10.5.